The van der Waals surface area contributed by atoms with E-state index in [0.717, 1.165) is 83.6 Å². The van der Waals surface area contributed by atoms with Crippen molar-refractivity contribution in [2.24, 2.45) is 0 Å². The molecule has 0 bridgehead atoms. The second-order valence-electron chi connectivity index (χ2n) is 17.2. The summed E-state index contributed by atoms with van der Waals surface area (Å²) >= 11 is 0. The van der Waals surface area contributed by atoms with Gasteiger partial charge in [-0.3, -0.25) is 0 Å². The summed E-state index contributed by atoms with van der Waals surface area (Å²) < 4.78 is 36.1. The summed E-state index contributed by atoms with van der Waals surface area (Å²) in [5.74, 6) is 1.10. The van der Waals surface area contributed by atoms with Crippen molar-refractivity contribution in [3.05, 3.63) is 224 Å². The second kappa shape index (κ2) is 17.1. The zero-order valence-corrected chi connectivity index (χ0v) is 38.6. The molecule has 11 rings (SSSR count). The quantitative estimate of drug-likeness (QED) is 0.142. The number of pyridine rings is 1. The largest absolute Gasteiger partial charge is 0.509 e. The monoisotopic (exact) mass is 1020 g/mol. The van der Waals surface area contributed by atoms with Crippen molar-refractivity contribution in [1.29, 1.82) is 0 Å². The maximum Gasteiger partial charge on any atom is 0.135 e. The van der Waals surface area contributed by atoms with Gasteiger partial charge in [0.2, 0.25) is 0 Å². The number of ether oxygens (including phenoxy) is 1. The molecular weight excluding hydrogens is 976 g/mol. The van der Waals surface area contributed by atoms with Crippen molar-refractivity contribution < 1.29 is 29.9 Å². The summed E-state index contributed by atoms with van der Waals surface area (Å²) in [6.45, 7) is 10.7. The Balaban J connectivity index is 0.00000539. The van der Waals surface area contributed by atoms with Crippen LogP contribution in [0.25, 0.3) is 61.0 Å². The number of para-hydroxylation sites is 4. The number of hydrogen-bond acceptors (Lipinski definition) is 4. The fourth-order valence-corrected chi connectivity index (χ4v) is 8.86. The Labute approximate surface area is 399 Å². The van der Waals surface area contributed by atoms with Gasteiger partial charge in [0.1, 0.15) is 5.82 Å². The standard InChI is InChI=1S/C59H45N4O.Pt/c1-40-35-57(60-38-52(40)42-19-9-6-10-20-42)63-53-26-12-11-23-50(53)51-34-33-47(37-56(51)63)64-46-22-15-21-45(36-46)61-39-62(55-28-14-13-27-54(55)61)58-48(41-17-7-5-8-18-41)24-16-25-49(58)43-29-31-44(32-30-43)59(2,3)4;/h5-35,38-39H,1-4H3;/q-3;/i15D,21D,22D;. The molecule has 8 aromatic carbocycles. The minimum absolute atomic E-state index is 0. The first-order chi connectivity index (χ1) is 32.5. The molecular formula is C59H45N4OPt-3. The molecule has 3 heterocycles. The SMILES string of the molecule is [2H]c1c(Oc2[c-]c3c(cc2)c2ccccc2n3-c2cc(C)c(-c3ccccc3)cn2)[c-]c(N2[CH-]N(c3c(-c4ccccc4)cccc3-c3ccc(C(C)(C)C)cc3)c3ccccc32)c([2H])c1[2H].[Pt]. The van der Waals surface area contributed by atoms with E-state index in [1.54, 1.807) is 0 Å². The summed E-state index contributed by atoms with van der Waals surface area (Å²) in [6.07, 6.45) is 1.92. The van der Waals surface area contributed by atoms with Crippen LogP contribution in [0.3, 0.4) is 0 Å². The summed E-state index contributed by atoms with van der Waals surface area (Å²) in [6, 6.07) is 64.1. The molecule has 65 heavy (non-hydrogen) atoms. The number of aromatic nitrogens is 2. The van der Waals surface area contributed by atoms with Crippen molar-refractivity contribution >= 4 is 44.6 Å². The number of fused-ring (bicyclic) bond motifs is 4. The molecule has 0 unspecified atom stereocenters. The van der Waals surface area contributed by atoms with Gasteiger partial charge < -0.3 is 19.1 Å². The van der Waals surface area contributed by atoms with Crippen LogP contribution >= 0.6 is 0 Å². The number of anilines is 4. The Hall–Kier alpha value is -7.20. The fraction of sp³-hybridized carbons (Fsp3) is 0.0847. The van der Waals surface area contributed by atoms with Gasteiger partial charge in [0.25, 0.3) is 0 Å². The summed E-state index contributed by atoms with van der Waals surface area (Å²) in [5, 5.41) is 2.01. The van der Waals surface area contributed by atoms with E-state index in [-0.39, 0.29) is 56.0 Å². The average Bonchev–Trinajstić information content (AvgIpc) is 3.90. The molecule has 0 atom stereocenters. The smallest absolute Gasteiger partial charge is 0.135 e. The Morgan fingerprint density at radius 3 is 1.92 bits per heavy atom. The number of hydrogen-bond donors (Lipinski definition) is 0. The second-order valence-corrected chi connectivity index (χ2v) is 17.2. The van der Waals surface area contributed by atoms with Crippen LogP contribution in [0.1, 0.15) is 36.0 Å². The van der Waals surface area contributed by atoms with Gasteiger partial charge in [0.15, 0.2) is 0 Å². The zero-order chi connectivity index (χ0) is 46.0. The van der Waals surface area contributed by atoms with E-state index in [0.29, 0.717) is 5.75 Å². The topological polar surface area (TPSA) is 33.5 Å². The molecule has 6 heteroatoms. The minimum Gasteiger partial charge on any atom is -0.509 e. The van der Waals surface area contributed by atoms with E-state index < -0.39 is 0 Å². The maximum atomic E-state index is 9.30. The average molecular weight is 1020 g/mol. The van der Waals surface area contributed by atoms with Gasteiger partial charge >= 0.3 is 0 Å². The van der Waals surface area contributed by atoms with E-state index in [9.17, 15) is 1.37 Å². The summed E-state index contributed by atoms with van der Waals surface area (Å²) in [5.41, 5.74) is 13.4. The van der Waals surface area contributed by atoms with Crippen LogP contribution in [-0.4, -0.2) is 9.55 Å². The van der Waals surface area contributed by atoms with Gasteiger partial charge in [-0.1, -0.05) is 160 Å². The molecule has 320 valence electrons. The van der Waals surface area contributed by atoms with Gasteiger partial charge in [-0.25, -0.2) is 4.98 Å². The normalized spacial score (nSPS) is 13.0. The number of benzene rings is 8. The molecule has 0 aliphatic carbocycles. The third kappa shape index (κ3) is 7.70. The molecule has 10 aromatic rings. The van der Waals surface area contributed by atoms with Crippen LogP contribution in [0.2, 0.25) is 0 Å². The van der Waals surface area contributed by atoms with Crippen LogP contribution in [-0.2, 0) is 26.5 Å². The third-order valence-corrected chi connectivity index (χ3v) is 12.1. The predicted octanol–water partition coefficient (Wildman–Crippen LogP) is 15.6. The summed E-state index contributed by atoms with van der Waals surface area (Å²) in [4.78, 5) is 9.02. The first kappa shape index (κ1) is 38.3. The van der Waals surface area contributed by atoms with Crippen LogP contribution < -0.4 is 14.5 Å². The number of aryl methyl sites for hydroxylation is 1. The number of rotatable bonds is 8. The molecule has 0 saturated carbocycles. The molecule has 0 radical (unpaired) electrons. The molecule has 0 fully saturated rings. The van der Waals surface area contributed by atoms with Gasteiger partial charge in [-0.15, -0.1) is 48.0 Å². The van der Waals surface area contributed by atoms with E-state index in [2.05, 4.69) is 152 Å². The van der Waals surface area contributed by atoms with Crippen LogP contribution in [0.4, 0.5) is 22.7 Å². The molecule has 0 N–H and O–H groups in total. The molecule has 2 aromatic heterocycles. The Kier molecular flexibility index (Phi) is 10.0. The zero-order valence-electron chi connectivity index (χ0n) is 39.3. The Bertz CT molecular complexity index is 3520. The van der Waals surface area contributed by atoms with Gasteiger partial charge in [-0.05, 0) is 72.5 Å². The molecule has 0 spiro atoms. The van der Waals surface area contributed by atoms with Crippen LogP contribution in [0, 0.1) is 25.7 Å². The molecule has 0 amide bonds. The summed E-state index contributed by atoms with van der Waals surface area (Å²) in [7, 11) is 0. The third-order valence-electron chi connectivity index (χ3n) is 12.1. The first-order valence-electron chi connectivity index (χ1n) is 23.0. The molecule has 5 nitrogen and oxygen atoms in total. The minimum atomic E-state index is -0.272. The van der Waals surface area contributed by atoms with Gasteiger partial charge in [-0.2, -0.15) is 12.1 Å². The van der Waals surface area contributed by atoms with Gasteiger partial charge in [0.05, 0.1) is 0 Å². The maximum absolute atomic E-state index is 9.30. The van der Waals surface area contributed by atoms with Crippen molar-refractivity contribution in [2.45, 2.75) is 33.1 Å². The van der Waals surface area contributed by atoms with Gasteiger partial charge in [0, 0.05) is 79.4 Å². The van der Waals surface area contributed by atoms with Crippen molar-refractivity contribution in [1.82, 2.24) is 9.55 Å². The van der Waals surface area contributed by atoms with E-state index >= 15 is 0 Å². The van der Waals surface area contributed by atoms with Crippen LogP contribution in [0.15, 0.2) is 194 Å². The van der Waals surface area contributed by atoms with E-state index in [1.165, 1.54) is 5.56 Å². The Morgan fingerprint density at radius 1 is 0.600 bits per heavy atom. The molecule has 0 saturated heterocycles. The molecule has 1 aliphatic heterocycles. The molecule has 1 aliphatic rings. The van der Waals surface area contributed by atoms with E-state index in [1.807, 2.05) is 84.5 Å². The Morgan fingerprint density at radius 2 is 1.23 bits per heavy atom. The van der Waals surface area contributed by atoms with E-state index in [4.69, 9.17) is 12.5 Å². The predicted molar refractivity (Wildman–Crippen MR) is 264 cm³/mol. The fourth-order valence-electron chi connectivity index (χ4n) is 8.86. The van der Waals surface area contributed by atoms with Crippen LogP contribution in [0.5, 0.6) is 11.5 Å². The first-order valence-corrected chi connectivity index (χ1v) is 21.5. The van der Waals surface area contributed by atoms with Crippen molar-refractivity contribution in [2.75, 3.05) is 9.80 Å². The van der Waals surface area contributed by atoms with Crippen molar-refractivity contribution in [3.63, 3.8) is 0 Å². The van der Waals surface area contributed by atoms with Crippen molar-refractivity contribution in [3.8, 4) is 50.7 Å². The number of nitrogens with zero attached hydrogens (tertiary/aromatic N) is 4.